The highest BCUT2D eigenvalue weighted by Crippen LogP contribution is 2.39. The fourth-order valence-electron chi connectivity index (χ4n) is 6.50. The van der Waals surface area contributed by atoms with Crippen molar-refractivity contribution in [1.82, 2.24) is 9.97 Å². The molecule has 8 rings (SSSR count). The minimum absolute atomic E-state index is 0.709. The second-order valence-corrected chi connectivity index (χ2v) is 12.9. The van der Waals surface area contributed by atoms with Gasteiger partial charge in [0, 0.05) is 22.9 Å². The zero-order valence-corrected chi connectivity index (χ0v) is 28.2. The number of benzene rings is 7. The predicted molar refractivity (Wildman–Crippen MR) is 210 cm³/mol. The number of nitrogens with zero attached hydrogens (tertiary/aromatic N) is 2. The van der Waals surface area contributed by atoms with E-state index in [2.05, 4.69) is 166 Å². The van der Waals surface area contributed by atoms with E-state index in [1.54, 1.807) is 0 Å². The summed E-state index contributed by atoms with van der Waals surface area (Å²) in [4.78, 5) is 10.1. The van der Waals surface area contributed by atoms with Gasteiger partial charge in [-0.1, -0.05) is 157 Å². The van der Waals surface area contributed by atoms with Crippen LogP contribution < -0.4 is 0 Å². The van der Waals surface area contributed by atoms with Gasteiger partial charge in [0.2, 0.25) is 0 Å². The Hall–Kier alpha value is -6.38. The van der Waals surface area contributed by atoms with Crippen molar-refractivity contribution in [2.75, 3.05) is 0 Å². The quantitative estimate of drug-likeness (QED) is 0.173. The van der Waals surface area contributed by atoms with Crippen molar-refractivity contribution in [1.29, 1.82) is 0 Å². The van der Waals surface area contributed by atoms with Crippen molar-refractivity contribution in [2.45, 2.75) is 13.8 Å². The summed E-state index contributed by atoms with van der Waals surface area (Å²) in [5.74, 6) is 0.709. The van der Waals surface area contributed by atoms with Crippen LogP contribution >= 0.6 is 0 Å². The fraction of sp³-hybridized carbons (Fsp3) is 0.0417. The molecule has 0 aliphatic heterocycles. The topological polar surface area (TPSA) is 25.8 Å². The second-order valence-electron chi connectivity index (χ2n) is 12.9. The van der Waals surface area contributed by atoms with Crippen LogP contribution in [0.25, 0.3) is 78.3 Å². The maximum Gasteiger partial charge on any atom is 0.159 e. The number of hydrogen-bond donors (Lipinski definition) is 0. The van der Waals surface area contributed by atoms with Crippen LogP contribution in [0.3, 0.4) is 0 Å². The largest absolute Gasteiger partial charge is 0.236 e. The molecule has 0 unspecified atom stereocenters. The van der Waals surface area contributed by atoms with Crippen LogP contribution in [0.4, 0.5) is 0 Å². The Bertz CT molecular complexity index is 2300. The fourth-order valence-corrected chi connectivity index (χ4v) is 6.50. The molecule has 0 saturated heterocycles. The first-order valence-corrected chi connectivity index (χ1v) is 17.1. The summed E-state index contributed by atoms with van der Waals surface area (Å²) in [6, 6.07) is 62.7. The molecular weight excluding hydrogens is 605 g/mol. The van der Waals surface area contributed by atoms with E-state index in [0.717, 1.165) is 50.2 Å². The molecule has 0 atom stereocenters. The van der Waals surface area contributed by atoms with Gasteiger partial charge in [-0.25, -0.2) is 9.97 Å². The number of rotatable bonds is 7. The summed E-state index contributed by atoms with van der Waals surface area (Å²) in [5.41, 5.74) is 16.9. The summed E-state index contributed by atoms with van der Waals surface area (Å²) < 4.78 is 0. The molecule has 0 amide bonds. The Morgan fingerprint density at radius 1 is 0.320 bits per heavy atom. The monoisotopic (exact) mass is 640 g/mol. The minimum Gasteiger partial charge on any atom is -0.236 e. The summed E-state index contributed by atoms with van der Waals surface area (Å²) >= 11 is 0. The van der Waals surface area contributed by atoms with Gasteiger partial charge in [0.1, 0.15) is 0 Å². The standard InChI is InChI=1S/C48H36N2/c1-33-19-23-35(24-20-33)39-15-9-17-41(27-39)43-29-44(42-18-10-16-40(28-42)36-25-21-34(2)22-26-36)31-45(30-43)46-32-49-48(38-13-7-4-8-14-38)50-47(46)37-11-5-3-6-12-37/h3-32H,1-2H3. The highest BCUT2D eigenvalue weighted by molar-refractivity contribution is 5.88. The molecule has 2 heteroatoms. The van der Waals surface area contributed by atoms with Crippen LogP contribution in [0.5, 0.6) is 0 Å². The molecule has 0 aliphatic carbocycles. The molecule has 1 heterocycles. The molecule has 0 saturated carbocycles. The van der Waals surface area contributed by atoms with Crippen LogP contribution in [0, 0.1) is 13.8 Å². The third-order valence-electron chi connectivity index (χ3n) is 9.27. The molecule has 1 aromatic heterocycles. The van der Waals surface area contributed by atoms with E-state index in [-0.39, 0.29) is 0 Å². The number of hydrogen-bond acceptors (Lipinski definition) is 2. The van der Waals surface area contributed by atoms with Crippen LogP contribution in [-0.4, -0.2) is 9.97 Å². The molecule has 238 valence electrons. The first-order chi connectivity index (χ1) is 24.6. The Labute approximate surface area is 294 Å². The van der Waals surface area contributed by atoms with Gasteiger partial charge in [-0.15, -0.1) is 0 Å². The lowest BCUT2D eigenvalue weighted by atomic mass is 9.90. The molecule has 0 fully saturated rings. The molecule has 0 bridgehead atoms. The average Bonchev–Trinajstić information content (AvgIpc) is 3.19. The van der Waals surface area contributed by atoms with Gasteiger partial charge in [-0.3, -0.25) is 0 Å². The van der Waals surface area contributed by atoms with Crippen molar-refractivity contribution >= 4 is 0 Å². The van der Waals surface area contributed by atoms with Crippen molar-refractivity contribution in [3.05, 3.63) is 193 Å². The third-order valence-corrected chi connectivity index (χ3v) is 9.27. The smallest absolute Gasteiger partial charge is 0.159 e. The van der Waals surface area contributed by atoms with E-state index in [1.165, 1.54) is 33.4 Å². The number of aromatic nitrogens is 2. The summed E-state index contributed by atoms with van der Waals surface area (Å²) in [6.45, 7) is 4.25. The minimum atomic E-state index is 0.709. The second kappa shape index (κ2) is 13.6. The molecule has 50 heavy (non-hydrogen) atoms. The van der Waals surface area contributed by atoms with Gasteiger partial charge in [0.25, 0.3) is 0 Å². The van der Waals surface area contributed by atoms with Crippen molar-refractivity contribution in [3.63, 3.8) is 0 Å². The van der Waals surface area contributed by atoms with E-state index in [1.807, 2.05) is 30.5 Å². The lowest BCUT2D eigenvalue weighted by Gasteiger charge is -2.16. The lowest BCUT2D eigenvalue weighted by Crippen LogP contribution is -1.97. The first kappa shape index (κ1) is 30.9. The van der Waals surface area contributed by atoms with Gasteiger partial charge >= 0.3 is 0 Å². The summed E-state index contributed by atoms with van der Waals surface area (Å²) in [6.07, 6.45) is 1.99. The molecule has 2 nitrogen and oxygen atoms in total. The molecule has 8 aromatic rings. The highest BCUT2D eigenvalue weighted by atomic mass is 14.9. The molecule has 0 radical (unpaired) electrons. The average molecular weight is 641 g/mol. The molecule has 0 aliphatic rings. The van der Waals surface area contributed by atoms with Gasteiger partial charge in [-0.2, -0.15) is 0 Å². The lowest BCUT2D eigenvalue weighted by molar-refractivity contribution is 1.18. The third kappa shape index (κ3) is 6.52. The van der Waals surface area contributed by atoms with Gasteiger partial charge in [0.05, 0.1) is 5.69 Å². The molecule has 0 spiro atoms. The van der Waals surface area contributed by atoms with Gasteiger partial charge in [0.15, 0.2) is 5.82 Å². The SMILES string of the molecule is Cc1ccc(-c2cccc(-c3cc(-c4cccc(-c5ccc(C)cc5)c4)cc(-c4cnc(-c5ccccc5)nc4-c4ccccc4)c3)c2)cc1. The predicted octanol–water partition coefficient (Wildman–Crippen LogP) is 12.8. The summed E-state index contributed by atoms with van der Waals surface area (Å²) in [5, 5.41) is 0. The van der Waals surface area contributed by atoms with E-state index in [9.17, 15) is 0 Å². The van der Waals surface area contributed by atoms with Crippen LogP contribution in [0.15, 0.2) is 182 Å². The molecular formula is C48H36N2. The Kier molecular flexibility index (Phi) is 8.42. The van der Waals surface area contributed by atoms with E-state index >= 15 is 0 Å². The van der Waals surface area contributed by atoms with Crippen molar-refractivity contribution < 1.29 is 0 Å². The first-order valence-electron chi connectivity index (χ1n) is 17.1. The van der Waals surface area contributed by atoms with Gasteiger partial charge in [-0.05, 0) is 94.3 Å². The van der Waals surface area contributed by atoms with Crippen LogP contribution in [0.1, 0.15) is 11.1 Å². The summed E-state index contributed by atoms with van der Waals surface area (Å²) in [7, 11) is 0. The maximum absolute atomic E-state index is 5.21. The van der Waals surface area contributed by atoms with Crippen LogP contribution in [-0.2, 0) is 0 Å². The Morgan fingerprint density at radius 2 is 0.720 bits per heavy atom. The van der Waals surface area contributed by atoms with E-state index in [4.69, 9.17) is 9.97 Å². The molecule has 7 aromatic carbocycles. The Morgan fingerprint density at radius 3 is 1.22 bits per heavy atom. The highest BCUT2D eigenvalue weighted by Gasteiger charge is 2.16. The van der Waals surface area contributed by atoms with Crippen molar-refractivity contribution in [2.24, 2.45) is 0 Å². The van der Waals surface area contributed by atoms with Crippen LogP contribution in [0.2, 0.25) is 0 Å². The van der Waals surface area contributed by atoms with Crippen molar-refractivity contribution in [3.8, 4) is 78.3 Å². The number of aryl methyl sites for hydroxylation is 2. The zero-order chi connectivity index (χ0) is 33.9. The zero-order valence-electron chi connectivity index (χ0n) is 28.2. The Balaban J connectivity index is 1.32. The van der Waals surface area contributed by atoms with E-state index in [0.29, 0.717) is 5.82 Å². The van der Waals surface area contributed by atoms with Gasteiger partial charge < -0.3 is 0 Å². The maximum atomic E-state index is 5.21. The molecule has 0 N–H and O–H groups in total. The van der Waals surface area contributed by atoms with E-state index < -0.39 is 0 Å². The normalized spacial score (nSPS) is 11.0.